The second kappa shape index (κ2) is 23.4. The topological polar surface area (TPSA) is 207 Å². The van der Waals surface area contributed by atoms with E-state index in [2.05, 4.69) is 0 Å². The van der Waals surface area contributed by atoms with E-state index in [4.69, 9.17) is 18.9 Å². The van der Waals surface area contributed by atoms with Crippen LogP contribution in [-0.4, -0.2) is 144 Å². The molecule has 68 heavy (non-hydrogen) atoms. The van der Waals surface area contributed by atoms with Crippen LogP contribution in [0.1, 0.15) is 125 Å². The number of amides is 1. The van der Waals surface area contributed by atoms with Gasteiger partial charge in [0.1, 0.15) is 24.4 Å². The van der Waals surface area contributed by atoms with Crippen molar-refractivity contribution in [3.63, 3.8) is 0 Å². The number of sulfonamides is 1. The lowest BCUT2D eigenvalue weighted by molar-refractivity contribution is -0.264. The van der Waals surface area contributed by atoms with Crippen molar-refractivity contribution in [2.75, 3.05) is 33.1 Å². The number of hydrogen-bond donors (Lipinski definition) is 3. The predicted octanol–water partition coefficient (Wildman–Crippen LogP) is 5.61. The van der Waals surface area contributed by atoms with Crippen LogP contribution in [0, 0.1) is 41.4 Å². The number of ether oxygens (including phenoxy) is 4. The number of Topliss-reactive ketones (excluding diaryl/α,β-unsaturated/α-hetero) is 2. The molecule has 5 bridgehead atoms. The number of fused-ring (bicyclic) bond motifs is 5. The minimum absolute atomic E-state index is 0.00280. The Morgan fingerprint density at radius 2 is 1.56 bits per heavy atom. The number of piperidine rings is 1. The van der Waals surface area contributed by atoms with Crippen LogP contribution in [0.25, 0.3) is 0 Å². The van der Waals surface area contributed by atoms with Gasteiger partial charge in [0.2, 0.25) is 15.8 Å². The summed E-state index contributed by atoms with van der Waals surface area (Å²) < 4.78 is 52.2. The minimum Gasteiger partial charge on any atom is -0.461 e. The van der Waals surface area contributed by atoms with Gasteiger partial charge in [0, 0.05) is 45.2 Å². The highest BCUT2D eigenvalue weighted by atomic mass is 32.2. The van der Waals surface area contributed by atoms with Gasteiger partial charge < -0.3 is 39.2 Å². The Labute approximate surface area is 404 Å². The normalized spacial score (nSPS) is 42.8. The van der Waals surface area contributed by atoms with Crippen molar-refractivity contribution in [2.24, 2.45) is 41.4 Å². The number of rotatable bonds is 5. The largest absolute Gasteiger partial charge is 0.461 e. The van der Waals surface area contributed by atoms with Crippen LogP contribution in [-0.2, 0) is 48.1 Å². The van der Waals surface area contributed by atoms with E-state index >= 15 is 0 Å². The molecule has 6 aliphatic rings. The number of hydrogen-bond acceptors (Lipinski definition) is 13. The SMILES string of the molecule is CO[C@@H]1C[C@H](CC2[C@H]3CCN4C(=O)C(=O)[C@]5(O)O[C@@H](CC[C@H]5C)C[C@@H](N5CCCS5(=O)=O)C(C)=C/C=C/C=C/[C@@H](C)C[C@@H](C)C(=O)[C@H](OC)[C@H](O)/C(C)=C/[C@@H](C)CC[C@@H]2OC(=O)[C@@H]4C3)CC[C@H]1O. The maximum Gasteiger partial charge on any atom is 0.329 e. The fraction of sp³-hybridized carbons (Fsp3) is 0.769. The molecule has 16 atom stereocenters. The molecule has 5 heterocycles. The van der Waals surface area contributed by atoms with Gasteiger partial charge in [-0.3, -0.25) is 14.4 Å². The molecule has 0 radical (unpaired) electrons. The Bertz CT molecular complexity index is 2040. The number of carbonyl (C=O) groups excluding carboxylic acids is 4. The molecule has 1 unspecified atom stereocenters. The van der Waals surface area contributed by atoms with Crippen LogP contribution in [0.5, 0.6) is 0 Å². The second-order valence-electron chi connectivity index (χ2n) is 21.2. The Kier molecular flexibility index (Phi) is 18.7. The van der Waals surface area contributed by atoms with Crippen LogP contribution in [0.15, 0.2) is 47.6 Å². The number of allylic oxidation sites excluding steroid dienone is 6. The van der Waals surface area contributed by atoms with E-state index in [1.165, 1.54) is 16.3 Å². The van der Waals surface area contributed by atoms with Crippen molar-refractivity contribution in [3.8, 4) is 0 Å². The molecule has 3 N–H and O–H groups in total. The minimum atomic E-state index is -3.60. The van der Waals surface area contributed by atoms with Gasteiger partial charge in [-0.25, -0.2) is 13.2 Å². The fourth-order valence-electron chi connectivity index (χ4n) is 12.1. The summed E-state index contributed by atoms with van der Waals surface area (Å²) in [6, 6.07) is -1.70. The van der Waals surface area contributed by atoms with E-state index in [0.29, 0.717) is 69.9 Å². The lowest BCUT2D eigenvalue weighted by Crippen LogP contribution is -2.61. The first kappa shape index (κ1) is 54.2. The Morgan fingerprint density at radius 1 is 0.809 bits per heavy atom. The molecule has 15 nitrogen and oxygen atoms in total. The summed E-state index contributed by atoms with van der Waals surface area (Å²) in [6.07, 6.45) is 13.4. The number of aliphatic hydroxyl groups excluding tert-OH is 2. The molecule has 4 saturated heterocycles. The third-order valence-corrected chi connectivity index (χ3v) is 18.2. The van der Waals surface area contributed by atoms with Crippen LogP contribution < -0.4 is 0 Å². The number of esters is 1. The van der Waals surface area contributed by atoms with Crippen LogP contribution in [0.2, 0.25) is 0 Å². The first-order valence-corrected chi connectivity index (χ1v) is 26.9. The standard InChI is InChI=1S/C52H80N2O13S/c1-31-13-10-9-11-14-33(3)41(54-22-12-24-68(54,62)63)30-39-18-16-36(6)52(61,67-39)49(58)50(59)53-23-21-38-29-42(53)51(60)66-44(40(38)27-37-17-19-43(55)45(28-37)64-7)20-15-32(2)26-35(5)47(57)48(65-8)46(56)34(4)25-31/h9-11,13-14,26,31-32,34,36-45,47-48,55,57,61H,12,15-25,27-30H2,1-8H3/b11-9+,13-10+,33-14?,35-26+/t31-,32+,34-,36-,37+,38+,39+,40?,41-,42+,43-,44+,45-,47-,48+,52-/m1/s1. The van der Waals surface area contributed by atoms with E-state index in [-0.39, 0.29) is 66.6 Å². The van der Waals surface area contributed by atoms with Gasteiger partial charge in [-0.05, 0) is 132 Å². The van der Waals surface area contributed by atoms with Gasteiger partial charge >= 0.3 is 5.97 Å². The molecule has 1 saturated carbocycles. The van der Waals surface area contributed by atoms with Gasteiger partial charge in [-0.2, -0.15) is 4.31 Å². The zero-order chi connectivity index (χ0) is 49.7. The van der Waals surface area contributed by atoms with Crippen molar-refractivity contribution in [1.82, 2.24) is 9.21 Å². The number of ketones is 2. The maximum absolute atomic E-state index is 14.5. The maximum atomic E-state index is 14.5. The average Bonchev–Trinajstić information content (AvgIpc) is 3.62. The number of carbonyl (C=O) groups is 4. The first-order valence-electron chi connectivity index (χ1n) is 25.3. The summed E-state index contributed by atoms with van der Waals surface area (Å²) in [4.78, 5) is 58.3. The molecule has 16 heteroatoms. The van der Waals surface area contributed by atoms with E-state index in [1.807, 2.05) is 64.2 Å². The third kappa shape index (κ3) is 12.5. The molecule has 0 aromatic carbocycles. The second-order valence-corrected chi connectivity index (χ2v) is 23.3. The number of nitrogens with zero attached hydrogens (tertiary/aromatic N) is 2. The lowest BCUT2D eigenvalue weighted by Gasteiger charge is -2.44. The predicted molar refractivity (Wildman–Crippen MR) is 256 cm³/mol. The van der Waals surface area contributed by atoms with E-state index < -0.39 is 87.9 Å². The van der Waals surface area contributed by atoms with Gasteiger partial charge in [0.15, 0.2) is 5.78 Å². The molecule has 1 amide bonds. The van der Waals surface area contributed by atoms with Crippen molar-refractivity contribution < 1.29 is 61.9 Å². The highest BCUT2D eigenvalue weighted by Crippen LogP contribution is 2.44. The first-order chi connectivity index (χ1) is 32.2. The van der Waals surface area contributed by atoms with Crippen molar-refractivity contribution in [1.29, 1.82) is 0 Å². The summed E-state index contributed by atoms with van der Waals surface area (Å²) in [7, 11) is -0.564. The molecule has 1 aliphatic carbocycles. The molecule has 382 valence electrons. The zero-order valence-electron chi connectivity index (χ0n) is 41.7. The third-order valence-electron chi connectivity index (χ3n) is 16.2. The summed E-state index contributed by atoms with van der Waals surface area (Å²) in [5.74, 6) is -6.64. The van der Waals surface area contributed by atoms with Crippen LogP contribution in [0.4, 0.5) is 0 Å². The number of aliphatic hydroxyl groups is 3. The average molecular weight is 973 g/mol. The summed E-state index contributed by atoms with van der Waals surface area (Å²) in [6.45, 7) is 11.6. The Morgan fingerprint density at radius 3 is 2.25 bits per heavy atom. The smallest absolute Gasteiger partial charge is 0.329 e. The quantitative estimate of drug-likeness (QED) is 0.174. The van der Waals surface area contributed by atoms with Crippen molar-refractivity contribution >= 4 is 33.5 Å². The Balaban J connectivity index is 1.33. The van der Waals surface area contributed by atoms with Crippen LogP contribution >= 0.6 is 0 Å². The summed E-state index contributed by atoms with van der Waals surface area (Å²) in [5, 5.41) is 34.3. The van der Waals surface area contributed by atoms with E-state index in [1.54, 1.807) is 21.0 Å². The number of methoxy groups -OCH3 is 2. The highest BCUT2D eigenvalue weighted by molar-refractivity contribution is 7.89. The lowest BCUT2D eigenvalue weighted by atomic mass is 9.71. The summed E-state index contributed by atoms with van der Waals surface area (Å²) in [5.41, 5.74) is 1.33. The molecule has 0 spiro atoms. The van der Waals surface area contributed by atoms with Gasteiger partial charge in [-0.15, -0.1) is 0 Å². The molecular weight excluding hydrogens is 893 g/mol. The van der Waals surface area contributed by atoms with Crippen LogP contribution in [0.3, 0.4) is 0 Å². The summed E-state index contributed by atoms with van der Waals surface area (Å²) >= 11 is 0. The molecule has 5 fully saturated rings. The van der Waals surface area contributed by atoms with E-state index in [9.17, 15) is 42.9 Å². The zero-order valence-corrected chi connectivity index (χ0v) is 42.5. The fourth-order valence-corrected chi connectivity index (χ4v) is 13.9. The highest BCUT2D eigenvalue weighted by Gasteiger charge is 2.55. The molecule has 5 aliphatic heterocycles. The molecular formula is C52H80N2O13S. The van der Waals surface area contributed by atoms with Gasteiger partial charge in [-0.1, -0.05) is 69.7 Å². The van der Waals surface area contributed by atoms with Gasteiger partial charge in [0.25, 0.3) is 11.7 Å². The molecule has 6 rings (SSSR count). The molecule has 0 aromatic rings. The monoisotopic (exact) mass is 973 g/mol. The van der Waals surface area contributed by atoms with Crippen molar-refractivity contribution in [2.45, 2.75) is 180 Å². The van der Waals surface area contributed by atoms with Crippen molar-refractivity contribution in [3.05, 3.63) is 47.6 Å². The molecule has 0 aromatic heterocycles. The Hall–Kier alpha value is -3.09. The van der Waals surface area contributed by atoms with Gasteiger partial charge in [0.05, 0.1) is 24.1 Å². The van der Waals surface area contributed by atoms with E-state index in [0.717, 1.165) is 18.4 Å².